The third-order valence-electron chi connectivity index (χ3n) is 15.2. The van der Waals surface area contributed by atoms with Crippen LogP contribution in [0.25, 0.3) is 0 Å². The fraction of sp³-hybridized carbons (Fsp3) is 0.508. The van der Waals surface area contributed by atoms with Crippen LogP contribution in [0.5, 0.6) is 0 Å². The molecule has 4 aliphatic rings. The first-order valence-corrected chi connectivity index (χ1v) is 28.3. The average Bonchev–Trinajstić information content (AvgIpc) is 3.39. The van der Waals surface area contributed by atoms with E-state index in [2.05, 4.69) is 112 Å². The number of nitrogens with one attached hydrogen (secondary N) is 1. The van der Waals surface area contributed by atoms with Crippen molar-refractivity contribution in [2.45, 2.75) is 171 Å². The van der Waals surface area contributed by atoms with Gasteiger partial charge in [-0.3, -0.25) is 28.9 Å². The monoisotopic (exact) mass is 1110 g/mol. The number of likely N-dealkylation sites (tertiary alicyclic amines) is 1. The van der Waals surface area contributed by atoms with E-state index in [1.54, 1.807) is 0 Å². The molecular weight excluding hydrogens is 1020 g/mol. The minimum atomic E-state index is -0.782. The number of aryl methyl sites for hydroxylation is 4. The molecule has 0 spiro atoms. The summed E-state index contributed by atoms with van der Waals surface area (Å²) in [6, 6.07) is 25.7. The Morgan fingerprint density at radius 2 is 1.07 bits per heavy atom. The molecule has 15 nitrogen and oxygen atoms in total. The van der Waals surface area contributed by atoms with Crippen molar-refractivity contribution < 1.29 is 82.7 Å². The number of carbonyl (C=O) groups is 5. The molecule has 0 unspecified atom stereocenters. The van der Waals surface area contributed by atoms with Crippen molar-refractivity contribution in [1.29, 1.82) is 0 Å². The predicted molar refractivity (Wildman–Crippen MR) is 311 cm³/mol. The average molecular weight is 1110 g/mol. The van der Waals surface area contributed by atoms with Crippen molar-refractivity contribution in [2.75, 3.05) is 26.2 Å². The van der Waals surface area contributed by atoms with Gasteiger partial charge in [-0.25, -0.2) is 0 Å². The van der Waals surface area contributed by atoms with Gasteiger partial charge in [0, 0.05) is 52.1 Å². The van der Waals surface area contributed by atoms with E-state index in [0.717, 1.165) is 82.3 Å². The van der Waals surface area contributed by atoms with E-state index < -0.39 is 31.0 Å². The van der Waals surface area contributed by atoms with Crippen molar-refractivity contribution >= 4 is 48.7 Å². The third-order valence-corrected chi connectivity index (χ3v) is 15.2. The van der Waals surface area contributed by atoms with Crippen LogP contribution in [0.2, 0.25) is 6.82 Å². The van der Waals surface area contributed by atoms with E-state index in [1.165, 1.54) is 118 Å². The fourth-order valence-electron chi connectivity index (χ4n) is 10.5. The first-order chi connectivity index (χ1) is 37.9. The summed E-state index contributed by atoms with van der Waals surface area (Å²) in [5.41, 5.74) is 16.1. The number of hydrogen-bond acceptors (Lipinski definition) is 13. The first kappa shape index (κ1) is 66.9. The van der Waals surface area contributed by atoms with Gasteiger partial charge in [0.25, 0.3) is 19.1 Å². The number of aldehydes is 1. The number of carbonyl (C=O) groups excluding carboxylic acids is 3. The van der Waals surface area contributed by atoms with Crippen molar-refractivity contribution in [2.24, 2.45) is 22.1 Å². The van der Waals surface area contributed by atoms with Gasteiger partial charge in [0.15, 0.2) is 0 Å². The van der Waals surface area contributed by atoms with Crippen LogP contribution in [0.3, 0.4) is 0 Å². The second kappa shape index (κ2) is 34.6. The number of oxime groups is 2. The summed E-state index contributed by atoms with van der Waals surface area (Å²) in [5, 5.41) is 28.8. The number of aliphatic carboxylic acids is 2. The molecule has 3 N–H and O–H groups in total. The zero-order valence-corrected chi connectivity index (χ0v) is 51.2. The molecular formula is C63H85BN4NaO11. The molecule has 427 valence electrons. The Bertz CT molecular complexity index is 2710. The largest absolute Gasteiger partial charge is 1.00 e. The molecule has 2 aliphatic heterocycles. The summed E-state index contributed by atoms with van der Waals surface area (Å²) in [6.07, 6.45) is 16.1. The zero-order valence-electron chi connectivity index (χ0n) is 49.2. The number of carboxylic acid groups (broad SMARTS) is 2. The molecule has 2 heterocycles. The van der Waals surface area contributed by atoms with Crippen LogP contribution in [-0.4, -0.2) is 90.0 Å². The molecule has 2 aliphatic carbocycles. The second-order valence-corrected chi connectivity index (χ2v) is 21.4. The molecule has 17 heteroatoms. The molecule has 8 rings (SSSR count). The Morgan fingerprint density at radius 3 is 1.45 bits per heavy atom. The first-order valence-electron chi connectivity index (χ1n) is 28.3. The minimum Gasteiger partial charge on any atom is -0.676 e. The zero-order chi connectivity index (χ0) is 57.4. The SMILES string of the molecule is CCc1cc(/C(C)=N/OCc2ccc(C3CCCCC3)c(C)c2)ccc1C=O.CCc1cc(/C(C)=N/OCc2ccc(C3CCCCC3)c(C)c2)ccc1CN1CC(C(=O)O)C1.C[B-](OC(C)=O)OC(C)=O.O=C(O)C1CNC1.[Na+]. The van der Waals surface area contributed by atoms with E-state index >= 15 is 0 Å². The van der Waals surface area contributed by atoms with Gasteiger partial charge in [-0.2, -0.15) is 0 Å². The van der Waals surface area contributed by atoms with Crippen LogP contribution in [0.1, 0.15) is 189 Å². The molecule has 0 amide bonds. The maximum Gasteiger partial charge on any atom is 1.00 e. The number of benzene rings is 4. The summed E-state index contributed by atoms with van der Waals surface area (Å²) in [7, 11) is -0.782. The van der Waals surface area contributed by atoms with Crippen molar-refractivity contribution in [1.82, 2.24) is 10.2 Å². The van der Waals surface area contributed by atoms with Crippen LogP contribution >= 0.6 is 0 Å². The van der Waals surface area contributed by atoms with Crippen LogP contribution in [0.4, 0.5) is 0 Å². The van der Waals surface area contributed by atoms with E-state index in [-0.39, 0.29) is 41.4 Å². The van der Waals surface area contributed by atoms with Gasteiger partial charge in [0.2, 0.25) is 0 Å². The van der Waals surface area contributed by atoms with E-state index in [0.29, 0.717) is 39.4 Å². The van der Waals surface area contributed by atoms with Crippen LogP contribution in [-0.2, 0) is 70.8 Å². The third kappa shape index (κ3) is 21.7. The maximum absolute atomic E-state index is 11.1. The molecule has 0 bridgehead atoms. The van der Waals surface area contributed by atoms with Gasteiger partial charge in [-0.1, -0.05) is 123 Å². The van der Waals surface area contributed by atoms with E-state index in [4.69, 9.17) is 19.9 Å². The van der Waals surface area contributed by atoms with Crippen LogP contribution < -0.4 is 34.9 Å². The van der Waals surface area contributed by atoms with Crippen molar-refractivity contribution in [3.63, 3.8) is 0 Å². The normalized spacial score (nSPS) is 16.1. The maximum atomic E-state index is 11.1. The van der Waals surface area contributed by atoms with Crippen molar-refractivity contribution in [3.05, 3.63) is 140 Å². The summed E-state index contributed by atoms with van der Waals surface area (Å²) < 4.78 is 8.96. The van der Waals surface area contributed by atoms with Crippen LogP contribution in [0, 0.1) is 25.7 Å². The number of carboxylic acids is 2. The Balaban J connectivity index is 0.000000267. The second-order valence-electron chi connectivity index (χ2n) is 21.4. The van der Waals surface area contributed by atoms with Gasteiger partial charge in [-0.05, 0) is 151 Å². The predicted octanol–water partition coefficient (Wildman–Crippen LogP) is 8.95. The molecule has 0 atom stereocenters. The summed E-state index contributed by atoms with van der Waals surface area (Å²) in [4.78, 5) is 66.1. The molecule has 4 aromatic rings. The molecule has 2 saturated carbocycles. The van der Waals surface area contributed by atoms with Crippen molar-refractivity contribution in [3.8, 4) is 0 Å². The molecule has 2 saturated heterocycles. The van der Waals surface area contributed by atoms with Gasteiger partial charge < -0.3 is 34.5 Å². The van der Waals surface area contributed by atoms with Gasteiger partial charge >= 0.3 is 41.5 Å². The Labute approximate surface area is 497 Å². The summed E-state index contributed by atoms with van der Waals surface area (Å²) >= 11 is 0. The topological polar surface area (TPSA) is 203 Å². The quantitative estimate of drug-likeness (QED) is 0.0348. The molecule has 1 radical (unpaired) electrons. The smallest absolute Gasteiger partial charge is 0.676 e. The molecule has 4 aromatic carbocycles. The molecule has 80 heavy (non-hydrogen) atoms. The summed E-state index contributed by atoms with van der Waals surface area (Å²) in [6.45, 7) is 20.8. The Hall–Kier alpha value is -5.65. The Kier molecular flexibility index (Phi) is 28.9. The molecule has 0 aromatic heterocycles. The number of rotatable bonds is 19. The van der Waals surface area contributed by atoms with Crippen LogP contribution in [0.15, 0.2) is 83.1 Å². The summed E-state index contributed by atoms with van der Waals surface area (Å²) in [5.74, 6) is -1.18. The standard InChI is InChI=1S/C29H38N2O3.C25H31NO2.C5H9BO4.C4H7NO2.Na/c1-4-23-15-25(11-12-26(23)16-31-17-27(18-31)29(32)33)21(3)30-34-19-22-10-13-28(20(2)14-22)24-8-6-5-7-9-24;1-4-21-15-23(11-12-24(21)16-27)19(3)26-28-17-20-10-13-25(18(2)14-20)22-8-6-5-7-9-22;1-4(7)9-6(3)10-5(2)8;6-4(7)3-1-5-2-3;/h10-15,24,27H,4-9,16-19H2,1-3H3,(H,32,33);10-16,22H,4-9,17H2,1-3H3;1-3H3;3,5H,1-2H2,(H,6,7);/q;;-1;;+1/b30-21+;26-19+;;;. The van der Waals surface area contributed by atoms with Gasteiger partial charge in [0.1, 0.15) is 19.5 Å². The Morgan fingerprint density at radius 1 is 0.625 bits per heavy atom. The van der Waals surface area contributed by atoms with Gasteiger partial charge in [0.05, 0.1) is 23.3 Å². The van der Waals surface area contributed by atoms with Gasteiger partial charge in [-0.15, -0.1) is 6.82 Å². The number of nitrogens with zero attached hydrogens (tertiary/aromatic N) is 3. The molecule has 4 fully saturated rings. The fourth-order valence-corrected chi connectivity index (χ4v) is 10.5. The van der Waals surface area contributed by atoms with E-state index in [1.807, 2.05) is 32.0 Å². The number of hydrogen-bond donors (Lipinski definition) is 3. The minimum absolute atomic E-state index is 0. The van der Waals surface area contributed by atoms with E-state index in [9.17, 15) is 24.0 Å².